The van der Waals surface area contributed by atoms with Crippen molar-refractivity contribution in [1.29, 1.82) is 0 Å². The summed E-state index contributed by atoms with van der Waals surface area (Å²) in [4.78, 5) is 9.23. The molecule has 0 atom stereocenters. The Balaban J connectivity index is 1.31. The molecule has 3 aromatic rings. The van der Waals surface area contributed by atoms with Crippen LogP contribution in [0.15, 0.2) is 72.0 Å². The minimum absolute atomic E-state index is 0.746. The summed E-state index contributed by atoms with van der Waals surface area (Å²) in [5, 5.41) is 7.82. The van der Waals surface area contributed by atoms with Crippen LogP contribution in [0.5, 0.6) is 5.75 Å². The first kappa shape index (κ1) is 20.8. The van der Waals surface area contributed by atoms with Gasteiger partial charge in [0.25, 0.3) is 0 Å². The van der Waals surface area contributed by atoms with E-state index in [2.05, 4.69) is 61.6 Å². The van der Waals surface area contributed by atoms with Gasteiger partial charge < -0.3 is 19.9 Å². The van der Waals surface area contributed by atoms with Gasteiger partial charge in [0.05, 0.1) is 13.7 Å². The molecule has 7 nitrogen and oxygen atoms in total. The van der Waals surface area contributed by atoms with Gasteiger partial charge in [-0.05, 0) is 29.3 Å². The minimum atomic E-state index is 0.746. The van der Waals surface area contributed by atoms with Crippen LogP contribution in [0.2, 0.25) is 0 Å². The molecular weight excluding hydrogens is 388 g/mol. The van der Waals surface area contributed by atoms with Crippen LogP contribution in [-0.4, -0.2) is 61.0 Å². The van der Waals surface area contributed by atoms with Crippen molar-refractivity contribution in [3.63, 3.8) is 0 Å². The summed E-state index contributed by atoms with van der Waals surface area (Å²) in [6.07, 6.45) is 3.79. The highest BCUT2D eigenvalue weighted by Crippen LogP contribution is 2.22. The average molecular weight is 419 g/mol. The van der Waals surface area contributed by atoms with E-state index < -0.39 is 0 Å². The highest BCUT2D eigenvalue weighted by Gasteiger charge is 2.20. The molecule has 2 aromatic carbocycles. The van der Waals surface area contributed by atoms with Gasteiger partial charge in [-0.2, -0.15) is 5.10 Å². The molecule has 1 fully saturated rings. The molecule has 0 unspecified atom stereocenters. The monoisotopic (exact) mass is 418 g/mol. The number of piperazine rings is 1. The van der Waals surface area contributed by atoms with E-state index in [1.165, 1.54) is 16.8 Å². The SMILES string of the molecule is CN=C(NCc1cccc(Cn2cccn2)c1)N1CCN(c2cccc(OC)c2)CC1. The molecule has 0 aliphatic carbocycles. The molecule has 1 saturated heterocycles. The Hall–Kier alpha value is -3.48. The van der Waals surface area contributed by atoms with Gasteiger partial charge in [0.15, 0.2) is 5.96 Å². The number of aliphatic imine (C=N–C) groups is 1. The predicted molar refractivity (Wildman–Crippen MR) is 125 cm³/mol. The summed E-state index contributed by atoms with van der Waals surface area (Å²) in [6, 6.07) is 18.8. The van der Waals surface area contributed by atoms with E-state index >= 15 is 0 Å². The zero-order valence-electron chi connectivity index (χ0n) is 18.2. The van der Waals surface area contributed by atoms with Crippen molar-refractivity contribution in [1.82, 2.24) is 20.0 Å². The molecule has 1 N–H and O–H groups in total. The van der Waals surface area contributed by atoms with Gasteiger partial charge in [0, 0.05) is 63.9 Å². The quantitative estimate of drug-likeness (QED) is 0.493. The second kappa shape index (κ2) is 10.0. The molecule has 4 rings (SSSR count). The van der Waals surface area contributed by atoms with Crippen LogP contribution in [0.3, 0.4) is 0 Å². The van der Waals surface area contributed by atoms with Gasteiger partial charge in [0.2, 0.25) is 0 Å². The number of benzene rings is 2. The molecule has 31 heavy (non-hydrogen) atoms. The van der Waals surface area contributed by atoms with Crippen LogP contribution >= 0.6 is 0 Å². The summed E-state index contributed by atoms with van der Waals surface area (Å²) in [5.74, 6) is 1.84. The number of nitrogens with zero attached hydrogens (tertiary/aromatic N) is 5. The van der Waals surface area contributed by atoms with E-state index in [1.807, 2.05) is 42.3 Å². The Kier molecular flexibility index (Phi) is 6.72. The van der Waals surface area contributed by atoms with Crippen LogP contribution in [0.1, 0.15) is 11.1 Å². The number of aromatic nitrogens is 2. The van der Waals surface area contributed by atoms with E-state index in [4.69, 9.17) is 4.74 Å². The number of anilines is 1. The zero-order chi connectivity index (χ0) is 21.5. The molecule has 0 spiro atoms. The van der Waals surface area contributed by atoms with E-state index in [0.717, 1.165) is 51.0 Å². The maximum absolute atomic E-state index is 5.36. The standard InChI is InChI=1S/C24H30N6O/c1-25-24(26-18-20-6-3-7-21(16-20)19-30-11-5-10-27-30)29-14-12-28(13-15-29)22-8-4-9-23(17-22)31-2/h3-11,16-17H,12-15,18-19H2,1-2H3,(H,25,26). The first-order valence-electron chi connectivity index (χ1n) is 10.6. The molecule has 162 valence electrons. The fraction of sp³-hybridized carbons (Fsp3) is 0.333. The molecule has 2 heterocycles. The van der Waals surface area contributed by atoms with Gasteiger partial charge in [-0.3, -0.25) is 9.67 Å². The predicted octanol–water partition coefficient (Wildman–Crippen LogP) is 2.84. The highest BCUT2D eigenvalue weighted by atomic mass is 16.5. The summed E-state index contributed by atoms with van der Waals surface area (Å²) in [6.45, 7) is 5.28. The van der Waals surface area contributed by atoms with Crippen LogP contribution in [0.25, 0.3) is 0 Å². The number of methoxy groups -OCH3 is 1. The first-order valence-corrected chi connectivity index (χ1v) is 10.6. The molecule has 0 saturated carbocycles. The van der Waals surface area contributed by atoms with Crippen LogP contribution in [0, 0.1) is 0 Å². The molecular formula is C24H30N6O. The number of guanidine groups is 1. The van der Waals surface area contributed by atoms with Gasteiger partial charge >= 0.3 is 0 Å². The van der Waals surface area contributed by atoms with Gasteiger partial charge in [-0.1, -0.05) is 30.3 Å². The maximum Gasteiger partial charge on any atom is 0.194 e. The largest absolute Gasteiger partial charge is 0.497 e. The zero-order valence-corrected chi connectivity index (χ0v) is 18.2. The van der Waals surface area contributed by atoms with Crippen molar-refractivity contribution in [2.75, 3.05) is 45.2 Å². The number of nitrogens with one attached hydrogen (secondary N) is 1. The third-order valence-corrected chi connectivity index (χ3v) is 5.56. The molecule has 1 aliphatic rings. The second-order valence-electron chi connectivity index (χ2n) is 7.60. The van der Waals surface area contributed by atoms with E-state index in [0.29, 0.717) is 0 Å². The fourth-order valence-electron chi connectivity index (χ4n) is 3.92. The summed E-state index contributed by atoms with van der Waals surface area (Å²) < 4.78 is 7.30. The third-order valence-electron chi connectivity index (χ3n) is 5.56. The summed E-state index contributed by atoms with van der Waals surface area (Å²) >= 11 is 0. The molecule has 7 heteroatoms. The van der Waals surface area contributed by atoms with Crippen molar-refractivity contribution in [2.45, 2.75) is 13.1 Å². The number of rotatable bonds is 6. The van der Waals surface area contributed by atoms with Gasteiger partial charge in [0.1, 0.15) is 5.75 Å². The lowest BCUT2D eigenvalue weighted by atomic mass is 10.1. The number of hydrogen-bond donors (Lipinski definition) is 1. The molecule has 0 amide bonds. The second-order valence-corrected chi connectivity index (χ2v) is 7.60. The van der Waals surface area contributed by atoms with Crippen molar-refractivity contribution in [3.8, 4) is 5.75 Å². The number of hydrogen-bond acceptors (Lipinski definition) is 4. The summed E-state index contributed by atoms with van der Waals surface area (Å²) in [5.41, 5.74) is 3.68. The molecule has 1 aliphatic heterocycles. The Morgan fingerprint density at radius 2 is 1.84 bits per heavy atom. The van der Waals surface area contributed by atoms with Gasteiger partial charge in [-0.25, -0.2) is 0 Å². The summed E-state index contributed by atoms with van der Waals surface area (Å²) in [7, 11) is 3.56. The lowest BCUT2D eigenvalue weighted by Gasteiger charge is -2.37. The number of ether oxygens (including phenoxy) is 1. The van der Waals surface area contributed by atoms with Crippen molar-refractivity contribution in [2.24, 2.45) is 4.99 Å². The Labute approximate surface area is 184 Å². The van der Waals surface area contributed by atoms with Crippen molar-refractivity contribution >= 4 is 11.6 Å². The first-order chi connectivity index (χ1) is 15.2. The van der Waals surface area contributed by atoms with Crippen LogP contribution in [-0.2, 0) is 13.1 Å². The molecule has 0 radical (unpaired) electrons. The fourth-order valence-corrected chi connectivity index (χ4v) is 3.92. The lowest BCUT2D eigenvalue weighted by Crippen LogP contribution is -2.52. The molecule has 1 aromatic heterocycles. The van der Waals surface area contributed by atoms with E-state index in [1.54, 1.807) is 7.11 Å². The third kappa shape index (κ3) is 5.36. The Morgan fingerprint density at radius 3 is 2.58 bits per heavy atom. The molecule has 0 bridgehead atoms. The highest BCUT2D eigenvalue weighted by molar-refractivity contribution is 5.80. The normalized spacial score (nSPS) is 14.6. The van der Waals surface area contributed by atoms with E-state index in [-0.39, 0.29) is 0 Å². The van der Waals surface area contributed by atoms with Crippen LogP contribution < -0.4 is 15.0 Å². The van der Waals surface area contributed by atoms with Crippen LogP contribution in [0.4, 0.5) is 5.69 Å². The van der Waals surface area contributed by atoms with Crippen molar-refractivity contribution < 1.29 is 4.74 Å². The smallest absolute Gasteiger partial charge is 0.194 e. The van der Waals surface area contributed by atoms with E-state index in [9.17, 15) is 0 Å². The minimum Gasteiger partial charge on any atom is -0.497 e. The average Bonchev–Trinajstić information content (AvgIpc) is 3.33. The Morgan fingerprint density at radius 1 is 1.03 bits per heavy atom. The maximum atomic E-state index is 5.36. The lowest BCUT2D eigenvalue weighted by molar-refractivity contribution is 0.372. The van der Waals surface area contributed by atoms with Crippen molar-refractivity contribution in [3.05, 3.63) is 78.1 Å². The topological polar surface area (TPSA) is 57.9 Å². The Bertz CT molecular complexity index is 993. The van der Waals surface area contributed by atoms with Gasteiger partial charge in [-0.15, -0.1) is 0 Å².